The molecule has 1 aromatic rings. The molecule has 0 radical (unpaired) electrons. The zero-order chi connectivity index (χ0) is 13.5. The third-order valence-electron chi connectivity index (χ3n) is 2.94. The first kappa shape index (κ1) is 15.3. The fraction of sp³-hybridized carbons (Fsp3) is 0.571. The average Bonchev–Trinajstić information content (AvgIpc) is 2.36. The van der Waals surface area contributed by atoms with E-state index in [9.17, 15) is 5.11 Å². The van der Waals surface area contributed by atoms with Crippen LogP contribution >= 0.6 is 11.6 Å². The van der Waals surface area contributed by atoms with Gasteiger partial charge in [0.05, 0.1) is 13.2 Å². The van der Waals surface area contributed by atoms with Crippen molar-refractivity contribution in [2.24, 2.45) is 0 Å². The molecule has 1 rings (SSSR count). The molecule has 0 fully saturated rings. The maximum Gasteiger partial charge on any atom is 0.123 e. The number of rotatable bonds is 7. The van der Waals surface area contributed by atoms with E-state index in [-0.39, 0.29) is 12.1 Å². The Bertz CT molecular complexity index is 371. The smallest absolute Gasteiger partial charge is 0.123 e. The van der Waals surface area contributed by atoms with Crippen molar-refractivity contribution in [3.63, 3.8) is 0 Å². The van der Waals surface area contributed by atoms with Crippen LogP contribution in [0.3, 0.4) is 0 Å². The minimum absolute atomic E-state index is 0.0881. The lowest BCUT2D eigenvalue weighted by Crippen LogP contribution is -2.29. The molecule has 0 aromatic heterocycles. The second kappa shape index (κ2) is 7.62. The molecule has 2 N–H and O–H groups in total. The van der Waals surface area contributed by atoms with Crippen molar-refractivity contribution in [3.8, 4) is 5.75 Å². The molecule has 2 atom stereocenters. The third-order valence-corrected chi connectivity index (χ3v) is 3.17. The van der Waals surface area contributed by atoms with E-state index < -0.39 is 0 Å². The number of methoxy groups -OCH3 is 1. The lowest BCUT2D eigenvalue weighted by Gasteiger charge is -2.19. The first-order chi connectivity index (χ1) is 8.58. The largest absolute Gasteiger partial charge is 0.496 e. The summed E-state index contributed by atoms with van der Waals surface area (Å²) in [5, 5.41) is 13.7. The summed E-state index contributed by atoms with van der Waals surface area (Å²) in [6, 6.07) is 5.65. The van der Waals surface area contributed by atoms with Crippen LogP contribution in [0.4, 0.5) is 0 Å². The lowest BCUT2D eigenvalue weighted by atomic mass is 10.1. The van der Waals surface area contributed by atoms with Crippen LogP contribution in [0.1, 0.15) is 38.3 Å². The first-order valence-electron chi connectivity index (χ1n) is 6.33. The van der Waals surface area contributed by atoms with Gasteiger partial charge < -0.3 is 15.2 Å². The van der Waals surface area contributed by atoms with Gasteiger partial charge in [0, 0.05) is 23.2 Å². The molecule has 1 aromatic carbocycles. The summed E-state index contributed by atoms with van der Waals surface area (Å²) in [4.78, 5) is 0. The van der Waals surface area contributed by atoms with Crippen molar-refractivity contribution >= 4 is 11.6 Å². The van der Waals surface area contributed by atoms with Gasteiger partial charge in [-0.1, -0.05) is 24.9 Å². The van der Waals surface area contributed by atoms with Crippen LogP contribution < -0.4 is 10.1 Å². The monoisotopic (exact) mass is 271 g/mol. The number of nitrogens with one attached hydrogen (secondary N) is 1. The van der Waals surface area contributed by atoms with Gasteiger partial charge in [-0.05, 0) is 31.5 Å². The van der Waals surface area contributed by atoms with E-state index in [4.69, 9.17) is 16.3 Å². The van der Waals surface area contributed by atoms with Crippen LogP contribution in [0.2, 0.25) is 5.02 Å². The second-order valence-corrected chi connectivity index (χ2v) is 4.90. The zero-order valence-corrected chi connectivity index (χ0v) is 12.0. The highest BCUT2D eigenvalue weighted by Gasteiger charge is 2.13. The lowest BCUT2D eigenvalue weighted by molar-refractivity contribution is 0.157. The summed E-state index contributed by atoms with van der Waals surface area (Å²) in [6.45, 7) is 4.67. The fourth-order valence-electron chi connectivity index (χ4n) is 1.90. The standard InChI is InChI=1S/C14H22ClNO2/c1-4-5-12(17)9-16-10(2)13-8-11(15)6-7-14(13)18-3/h6-8,10,12,16-17H,4-5,9H2,1-3H3. The van der Waals surface area contributed by atoms with Gasteiger partial charge in [0.25, 0.3) is 0 Å². The third kappa shape index (κ3) is 4.48. The number of benzene rings is 1. The Morgan fingerprint density at radius 1 is 1.44 bits per heavy atom. The summed E-state index contributed by atoms with van der Waals surface area (Å²) < 4.78 is 5.31. The molecule has 3 nitrogen and oxygen atoms in total. The second-order valence-electron chi connectivity index (χ2n) is 4.46. The number of aliphatic hydroxyl groups is 1. The van der Waals surface area contributed by atoms with Crippen LogP contribution in [0, 0.1) is 0 Å². The predicted octanol–water partition coefficient (Wildman–Crippen LogP) is 3.16. The van der Waals surface area contributed by atoms with Gasteiger partial charge in [-0.25, -0.2) is 0 Å². The van der Waals surface area contributed by atoms with Gasteiger partial charge in [0.2, 0.25) is 0 Å². The minimum atomic E-state index is -0.303. The van der Waals surface area contributed by atoms with Gasteiger partial charge in [0.1, 0.15) is 5.75 Å². The topological polar surface area (TPSA) is 41.5 Å². The normalized spacial score (nSPS) is 14.3. The van der Waals surface area contributed by atoms with Crippen LogP contribution in [0.25, 0.3) is 0 Å². The number of hydrogen-bond donors (Lipinski definition) is 2. The molecule has 102 valence electrons. The molecule has 0 bridgehead atoms. The molecule has 0 aliphatic heterocycles. The Balaban J connectivity index is 2.65. The Morgan fingerprint density at radius 2 is 2.17 bits per heavy atom. The van der Waals surface area contributed by atoms with Gasteiger partial charge >= 0.3 is 0 Å². The molecule has 0 saturated carbocycles. The van der Waals surface area contributed by atoms with Crippen molar-refractivity contribution in [2.75, 3.05) is 13.7 Å². The number of halogens is 1. The SMILES string of the molecule is CCCC(O)CNC(C)c1cc(Cl)ccc1OC. The molecule has 0 saturated heterocycles. The Labute approximate surface area is 114 Å². The highest BCUT2D eigenvalue weighted by atomic mass is 35.5. The summed E-state index contributed by atoms with van der Waals surface area (Å²) in [5.41, 5.74) is 1.01. The summed E-state index contributed by atoms with van der Waals surface area (Å²) in [5.74, 6) is 0.810. The van der Waals surface area contributed by atoms with Crippen LogP contribution in [0.5, 0.6) is 5.75 Å². The van der Waals surface area contributed by atoms with Crippen LogP contribution in [-0.4, -0.2) is 24.9 Å². The highest BCUT2D eigenvalue weighted by Crippen LogP contribution is 2.28. The van der Waals surface area contributed by atoms with E-state index in [1.54, 1.807) is 7.11 Å². The van der Waals surface area contributed by atoms with E-state index in [1.165, 1.54) is 0 Å². The van der Waals surface area contributed by atoms with Gasteiger partial charge in [0.15, 0.2) is 0 Å². The molecule has 0 amide bonds. The van der Waals surface area contributed by atoms with Gasteiger partial charge in [-0.3, -0.25) is 0 Å². The molecule has 0 aliphatic carbocycles. The Kier molecular flexibility index (Phi) is 6.47. The van der Waals surface area contributed by atoms with Gasteiger partial charge in [-0.2, -0.15) is 0 Å². The van der Waals surface area contributed by atoms with Gasteiger partial charge in [-0.15, -0.1) is 0 Å². The molecular weight excluding hydrogens is 250 g/mol. The summed E-state index contributed by atoms with van der Waals surface area (Å²) in [6.07, 6.45) is 1.49. The van der Waals surface area contributed by atoms with Crippen molar-refractivity contribution in [1.82, 2.24) is 5.32 Å². The molecule has 0 aliphatic rings. The van der Waals surface area contributed by atoms with Crippen LogP contribution in [0.15, 0.2) is 18.2 Å². The molecule has 0 spiro atoms. The van der Waals surface area contributed by atoms with Crippen molar-refractivity contribution in [2.45, 2.75) is 38.8 Å². The minimum Gasteiger partial charge on any atom is -0.496 e. The predicted molar refractivity (Wildman–Crippen MR) is 75.3 cm³/mol. The van der Waals surface area contributed by atoms with Crippen molar-refractivity contribution in [3.05, 3.63) is 28.8 Å². The Hall–Kier alpha value is -0.770. The average molecular weight is 272 g/mol. The number of ether oxygens (including phenoxy) is 1. The van der Waals surface area contributed by atoms with E-state index in [1.807, 2.05) is 25.1 Å². The van der Waals surface area contributed by atoms with Crippen molar-refractivity contribution in [1.29, 1.82) is 0 Å². The van der Waals surface area contributed by atoms with E-state index in [0.717, 1.165) is 24.2 Å². The highest BCUT2D eigenvalue weighted by molar-refractivity contribution is 6.30. The first-order valence-corrected chi connectivity index (χ1v) is 6.71. The molecule has 18 heavy (non-hydrogen) atoms. The summed E-state index contributed by atoms with van der Waals surface area (Å²) >= 11 is 6.00. The number of aliphatic hydroxyl groups excluding tert-OH is 1. The van der Waals surface area contributed by atoms with Crippen LogP contribution in [-0.2, 0) is 0 Å². The van der Waals surface area contributed by atoms with E-state index in [2.05, 4.69) is 12.2 Å². The Morgan fingerprint density at radius 3 is 2.78 bits per heavy atom. The molecular formula is C14H22ClNO2. The zero-order valence-electron chi connectivity index (χ0n) is 11.2. The summed E-state index contributed by atoms with van der Waals surface area (Å²) in [7, 11) is 1.64. The van der Waals surface area contributed by atoms with E-state index >= 15 is 0 Å². The quantitative estimate of drug-likeness (QED) is 0.800. The maximum atomic E-state index is 9.71. The molecule has 0 heterocycles. The maximum absolute atomic E-state index is 9.71. The molecule has 4 heteroatoms. The fourth-order valence-corrected chi connectivity index (χ4v) is 2.08. The van der Waals surface area contributed by atoms with Crippen molar-refractivity contribution < 1.29 is 9.84 Å². The van der Waals surface area contributed by atoms with E-state index in [0.29, 0.717) is 11.6 Å². The number of hydrogen-bond acceptors (Lipinski definition) is 3. The molecule has 2 unspecified atom stereocenters.